The molecule has 0 atom stereocenters. The van der Waals surface area contributed by atoms with Crippen molar-refractivity contribution in [2.24, 2.45) is 0 Å². The molecule has 0 heterocycles. The Bertz CT molecular complexity index is 210. The Balaban J connectivity index is -0.000000145. The second-order valence-electron chi connectivity index (χ2n) is 1.87. The molecule has 0 N–H and O–H groups in total. The van der Waals surface area contributed by atoms with E-state index in [0.717, 1.165) is 11.2 Å². The summed E-state index contributed by atoms with van der Waals surface area (Å²) in [6, 6.07) is 0. The fourth-order valence-corrected chi connectivity index (χ4v) is 0.690. The average molecular weight is 248 g/mol. The van der Waals surface area contributed by atoms with Crippen LogP contribution in [-0.2, 0) is 29.6 Å². The van der Waals surface area contributed by atoms with Crippen LogP contribution in [0.15, 0.2) is 24.3 Å². The van der Waals surface area contributed by atoms with Crippen LogP contribution in [0.4, 0.5) is 0 Å². The van der Waals surface area contributed by atoms with Gasteiger partial charge in [-0.15, -0.1) is 0 Å². The normalized spacial score (nSPS) is 9.47. The van der Waals surface area contributed by atoms with Crippen molar-refractivity contribution < 1.29 is 29.6 Å². The van der Waals surface area contributed by atoms with Gasteiger partial charge in [-0.1, -0.05) is 24.3 Å². The van der Waals surface area contributed by atoms with Crippen molar-refractivity contribution in [1.82, 2.24) is 0 Å². The summed E-state index contributed by atoms with van der Waals surface area (Å²) in [5.74, 6) is 0. The molecular weight excluding hydrogens is 235 g/mol. The van der Waals surface area contributed by atoms with Crippen LogP contribution in [0.2, 0.25) is 0 Å². The van der Waals surface area contributed by atoms with Crippen molar-refractivity contribution in [3.8, 4) is 0 Å². The Morgan fingerprint density at radius 2 is 1.53 bits per heavy atom. The first-order chi connectivity index (χ1) is 7.27. The third-order valence-corrected chi connectivity index (χ3v) is 1.07. The van der Waals surface area contributed by atoms with E-state index in [4.69, 9.17) is 14.0 Å². The van der Waals surface area contributed by atoms with Gasteiger partial charge in [0.2, 0.25) is 0 Å². The molecule has 15 heavy (non-hydrogen) atoms. The maximum absolute atomic E-state index is 7.50. The first-order valence-electron chi connectivity index (χ1n) is 3.96. The predicted molar refractivity (Wildman–Crippen MR) is 52.7 cm³/mol. The van der Waals surface area contributed by atoms with Gasteiger partial charge in [0, 0.05) is 6.42 Å². The van der Waals surface area contributed by atoms with E-state index in [9.17, 15) is 0 Å². The van der Waals surface area contributed by atoms with Gasteiger partial charge in [0.15, 0.2) is 0 Å². The van der Waals surface area contributed by atoms with Crippen molar-refractivity contribution in [2.75, 3.05) is 6.61 Å². The molecule has 0 fully saturated rings. The molecule has 0 aromatic carbocycles. The molecule has 0 unspecified atom stereocenters. The van der Waals surface area contributed by atoms with Crippen molar-refractivity contribution in [3.63, 3.8) is 0 Å². The minimum absolute atomic E-state index is 0.747. The maximum atomic E-state index is 7.50. The van der Waals surface area contributed by atoms with Gasteiger partial charge in [0.25, 0.3) is 0 Å². The molecule has 1 aliphatic carbocycles. The molecule has 1 aliphatic rings. The van der Waals surface area contributed by atoms with Gasteiger partial charge >= 0.3 is 68.0 Å². The molecule has 0 bridgehead atoms. The van der Waals surface area contributed by atoms with Crippen LogP contribution >= 0.6 is 0 Å². The third-order valence-electron chi connectivity index (χ3n) is 0.899. The van der Waals surface area contributed by atoms with E-state index in [1.165, 1.54) is 0 Å². The van der Waals surface area contributed by atoms with Crippen molar-refractivity contribution in [1.29, 1.82) is 0 Å². The van der Waals surface area contributed by atoms with E-state index < -0.39 is 0 Å². The smallest absolute Gasteiger partial charge is 0.00506 e. The standard InChI is InChI=1S/C5H5.C4H8O.2CO.Mn/c1-2-4-5-3-1;1-3-5-4-2;2*1-2;/h1-5H;3H2,1-2H3;;;. The Kier molecular flexibility index (Phi) is 30.7. The minimum atomic E-state index is 0.747. The van der Waals surface area contributed by atoms with E-state index in [2.05, 4.69) is 28.9 Å². The van der Waals surface area contributed by atoms with E-state index in [-0.39, 0.29) is 0 Å². The summed E-state index contributed by atoms with van der Waals surface area (Å²) in [7, 11) is 0. The molecule has 0 amide bonds. The third kappa shape index (κ3) is 31.9. The Hall–Kier alpha value is -0.691. The summed E-state index contributed by atoms with van der Waals surface area (Å²) in [6.07, 6.45) is 10.0. The molecular formula is C11H13MnO3. The van der Waals surface area contributed by atoms with Crippen LogP contribution in [0, 0.1) is 19.7 Å². The molecule has 0 aromatic heterocycles. The molecule has 1 rings (SSSR count). The Labute approximate surface area is 99.0 Å². The zero-order chi connectivity index (χ0) is 12.5. The topological polar surface area (TPSA) is 49.0 Å². The van der Waals surface area contributed by atoms with Gasteiger partial charge in [-0.05, 0) is 0 Å². The van der Waals surface area contributed by atoms with Crippen LogP contribution in [0.1, 0.15) is 13.8 Å². The largest absolute Gasteiger partial charge is 0.0767 e. The van der Waals surface area contributed by atoms with Gasteiger partial charge in [0.05, 0.1) is 0 Å². The van der Waals surface area contributed by atoms with Crippen molar-refractivity contribution in [2.45, 2.75) is 13.8 Å². The number of allylic oxidation sites excluding steroid dienone is 4. The molecule has 3 nitrogen and oxygen atoms in total. The van der Waals surface area contributed by atoms with Crippen LogP contribution in [-0.4, -0.2) is 11.2 Å². The van der Waals surface area contributed by atoms with Crippen molar-refractivity contribution >= 4 is 4.60 Å². The Morgan fingerprint density at radius 3 is 1.60 bits per heavy atom. The molecule has 0 spiro atoms. The summed E-state index contributed by atoms with van der Waals surface area (Å²) in [6.45, 7) is 13.6. The number of hydrogen-bond acceptors (Lipinski definition) is 1. The minimum Gasteiger partial charge on any atom is -0.0767 e. The van der Waals surface area contributed by atoms with Gasteiger partial charge < -0.3 is 0 Å². The molecule has 0 aliphatic heterocycles. The zero-order valence-corrected chi connectivity index (χ0v) is 9.88. The fraction of sp³-hybridized carbons (Fsp3) is 0.273. The molecule has 0 aromatic rings. The predicted octanol–water partition coefficient (Wildman–Crippen LogP) is 1.96. The summed E-state index contributed by atoms with van der Waals surface area (Å²) < 4.78 is 20.7. The SMILES string of the molecule is CCO[C](C)=[Mn].[C-]#[O+].[C-]#[O+].[CH]1C=CC=C1. The van der Waals surface area contributed by atoms with Crippen molar-refractivity contribution in [3.05, 3.63) is 44.0 Å². The quantitative estimate of drug-likeness (QED) is 0.418. The molecule has 1 radical (unpaired) electrons. The van der Waals surface area contributed by atoms with Gasteiger partial charge in [-0.3, -0.25) is 0 Å². The molecule has 0 saturated heterocycles. The number of ether oxygens (including phenoxy) is 1. The average Bonchev–Trinajstić information content (AvgIpc) is 2.82. The van der Waals surface area contributed by atoms with Crippen LogP contribution in [0.25, 0.3) is 0 Å². The zero-order valence-electron chi connectivity index (χ0n) is 8.70. The van der Waals surface area contributed by atoms with Crippen LogP contribution in [0.5, 0.6) is 0 Å². The summed E-state index contributed by atoms with van der Waals surface area (Å²) in [5, 5.41) is 0. The first-order valence-corrected chi connectivity index (χ1v) is 4.55. The first kappa shape index (κ1) is 19.8. The van der Waals surface area contributed by atoms with Crippen LogP contribution in [0.3, 0.4) is 0 Å². The molecule has 4 heteroatoms. The van der Waals surface area contributed by atoms with Crippen LogP contribution < -0.4 is 0 Å². The van der Waals surface area contributed by atoms with E-state index in [1.807, 2.05) is 44.6 Å². The van der Waals surface area contributed by atoms with E-state index in [1.54, 1.807) is 0 Å². The summed E-state index contributed by atoms with van der Waals surface area (Å²) >= 11 is 3.13. The number of rotatable bonds is 2. The van der Waals surface area contributed by atoms with E-state index in [0.29, 0.717) is 0 Å². The number of hydrogen-bond donors (Lipinski definition) is 0. The molecule has 82 valence electrons. The summed E-state index contributed by atoms with van der Waals surface area (Å²) in [5.41, 5.74) is 0. The molecule has 0 saturated carbocycles. The fourth-order valence-electron chi connectivity index (χ4n) is 0.520. The monoisotopic (exact) mass is 248 g/mol. The second kappa shape index (κ2) is 23.3. The van der Waals surface area contributed by atoms with Gasteiger partial charge in [-0.25, -0.2) is 0 Å². The second-order valence-corrected chi connectivity index (χ2v) is 2.70. The van der Waals surface area contributed by atoms with Gasteiger partial charge in [-0.2, -0.15) is 0 Å². The van der Waals surface area contributed by atoms with Gasteiger partial charge in [0.1, 0.15) is 0 Å². The van der Waals surface area contributed by atoms with E-state index >= 15 is 0 Å². The summed E-state index contributed by atoms with van der Waals surface area (Å²) in [4.78, 5) is 0. The maximum Gasteiger partial charge on any atom is 0.00506 e. The Morgan fingerprint density at radius 1 is 1.13 bits per heavy atom.